The summed E-state index contributed by atoms with van der Waals surface area (Å²) in [6, 6.07) is 7.20. The van der Waals surface area contributed by atoms with Crippen molar-refractivity contribution in [3.63, 3.8) is 0 Å². The van der Waals surface area contributed by atoms with Crippen molar-refractivity contribution in [1.82, 2.24) is 14.1 Å². The van der Waals surface area contributed by atoms with Crippen LogP contribution in [0.4, 0.5) is 0 Å². The Balaban J connectivity index is 1.50. The number of piperidine rings is 1. The number of carbonyl (C=O) groups excluding carboxylic acids is 2. The molecule has 176 valence electrons. The predicted octanol–water partition coefficient (Wildman–Crippen LogP) is 1.27. The molecule has 9 heteroatoms. The van der Waals surface area contributed by atoms with E-state index >= 15 is 0 Å². The monoisotopic (exact) mass is 462 g/mol. The van der Waals surface area contributed by atoms with Crippen LogP contribution in [-0.2, 0) is 19.6 Å². The number of fused-ring (bicyclic) bond motifs is 1. The van der Waals surface area contributed by atoms with Gasteiger partial charge in [-0.2, -0.15) is 4.31 Å². The van der Waals surface area contributed by atoms with Crippen LogP contribution in [0.2, 0.25) is 0 Å². The Morgan fingerprint density at radius 1 is 1.00 bits per heavy atom. The van der Waals surface area contributed by atoms with Gasteiger partial charge in [0.05, 0.1) is 10.9 Å². The SMILES string of the molecule is CC(C)[C@H](N)C(=O)N1CCC[C@@H]1C(=O)N1CCC2CCN(S(=O)(=O)c3ccccc3)CC21. The highest BCUT2D eigenvalue weighted by Gasteiger charge is 2.47. The zero-order chi connectivity index (χ0) is 23.0. The second-order valence-corrected chi connectivity index (χ2v) is 11.5. The van der Waals surface area contributed by atoms with Gasteiger partial charge in [0.2, 0.25) is 21.8 Å². The number of nitrogens with two attached hydrogens (primary N) is 1. The third-order valence-electron chi connectivity index (χ3n) is 7.31. The van der Waals surface area contributed by atoms with Crippen molar-refractivity contribution < 1.29 is 18.0 Å². The van der Waals surface area contributed by atoms with Gasteiger partial charge in [-0.05, 0) is 49.7 Å². The lowest BCUT2D eigenvalue weighted by Crippen LogP contribution is -2.57. The molecule has 1 aromatic rings. The molecule has 0 spiro atoms. The van der Waals surface area contributed by atoms with Gasteiger partial charge < -0.3 is 15.5 Å². The molecule has 3 heterocycles. The molecule has 3 fully saturated rings. The van der Waals surface area contributed by atoms with E-state index in [1.54, 1.807) is 35.2 Å². The summed E-state index contributed by atoms with van der Waals surface area (Å²) in [7, 11) is -3.60. The molecule has 2 amide bonds. The summed E-state index contributed by atoms with van der Waals surface area (Å²) in [5.41, 5.74) is 6.09. The molecule has 0 radical (unpaired) electrons. The molecular formula is C23H34N4O4S. The van der Waals surface area contributed by atoms with E-state index < -0.39 is 22.1 Å². The number of hydrogen-bond donors (Lipinski definition) is 1. The number of sulfonamides is 1. The summed E-state index contributed by atoms with van der Waals surface area (Å²) in [5, 5.41) is 0. The van der Waals surface area contributed by atoms with E-state index in [1.165, 1.54) is 4.31 Å². The van der Waals surface area contributed by atoms with Crippen molar-refractivity contribution in [2.24, 2.45) is 17.6 Å². The topological polar surface area (TPSA) is 104 Å². The van der Waals surface area contributed by atoms with Gasteiger partial charge in [-0.15, -0.1) is 0 Å². The first-order valence-electron chi connectivity index (χ1n) is 11.6. The highest BCUT2D eigenvalue weighted by molar-refractivity contribution is 7.89. The maximum atomic E-state index is 13.6. The lowest BCUT2D eigenvalue weighted by molar-refractivity contribution is -0.146. The van der Waals surface area contributed by atoms with E-state index in [-0.39, 0.29) is 28.7 Å². The molecule has 4 rings (SSSR count). The van der Waals surface area contributed by atoms with Gasteiger partial charge in [0.15, 0.2) is 0 Å². The standard InChI is InChI=1S/C23H34N4O4S/c1-16(2)21(24)23(29)26-12-6-9-19(26)22(28)27-14-11-17-10-13-25(15-20(17)27)32(30,31)18-7-4-3-5-8-18/h3-5,7-8,16-17,19-21H,6,9-15,24H2,1-2H3/t17?,19-,20?,21+/m1/s1. The van der Waals surface area contributed by atoms with Gasteiger partial charge >= 0.3 is 0 Å². The third kappa shape index (κ3) is 4.18. The minimum atomic E-state index is -3.60. The van der Waals surface area contributed by atoms with E-state index in [2.05, 4.69) is 0 Å². The Morgan fingerprint density at radius 2 is 1.69 bits per heavy atom. The van der Waals surface area contributed by atoms with Crippen LogP contribution in [0.5, 0.6) is 0 Å². The van der Waals surface area contributed by atoms with Crippen LogP contribution in [0.1, 0.15) is 39.5 Å². The Morgan fingerprint density at radius 3 is 2.38 bits per heavy atom. The number of rotatable bonds is 5. The van der Waals surface area contributed by atoms with Crippen molar-refractivity contribution >= 4 is 21.8 Å². The lowest BCUT2D eigenvalue weighted by atomic mass is 9.93. The summed E-state index contributed by atoms with van der Waals surface area (Å²) in [6.07, 6.45) is 3.03. The van der Waals surface area contributed by atoms with Crippen LogP contribution in [0.3, 0.4) is 0 Å². The van der Waals surface area contributed by atoms with Crippen LogP contribution in [0.25, 0.3) is 0 Å². The third-order valence-corrected chi connectivity index (χ3v) is 9.19. The molecule has 0 aromatic heterocycles. The highest BCUT2D eigenvalue weighted by Crippen LogP contribution is 2.35. The van der Waals surface area contributed by atoms with E-state index in [0.29, 0.717) is 38.5 Å². The number of carbonyl (C=O) groups is 2. The van der Waals surface area contributed by atoms with Gasteiger partial charge in [0.1, 0.15) is 6.04 Å². The van der Waals surface area contributed by atoms with Crippen LogP contribution < -0.4 is 5.73 Å². The Kier molecular flexibility index (Phi) is 6.61. The summed E-state index contributed by atoms with van der Waals surface area (Å²) < 4.78 is 27.8. The fourth-order valence-electron chi connectivity index (χ4n) is 5.30. The van der Waals surface area contributed by atoms with Gasteiger partial charge in [-0.1, -0.05) is 32.0 Å². The van der Waals surface area contributed by atoms with Gasteiger partial charge in [0.25, 0.3) is 0 Å². The van der Waals surface area contributed by atoms with Crippen molar-refractivity contribution in [1.29, 1.82) is 0 Å². The fraction of sp³-hybridized carbons (Fsp3) is 0.652. The first-order chi connectivity index (χ1) is 15.2. The summed E-state index contributed by atoms with van der Waals surface area (Å²) in [6.45, 7) is 5.75. The number of hydrogen-bond acceptors (Lipinski definition) is 5. The van der Waals surface area contributed by atoms with E-state index in [4.69, 9.17) is 5.73 Å². The van der Waals surface area contributed by atoms with Crippen LogP contribution in [-0.4, -0.2) is 78.6 Å². The Hall–Kier alpha value is -1.97. The maximum Gasteiger partial charge on any atom is 0.245 e. The molecule has 4 atom stereocenters. The Labute approximate surface area is 190 Å². The smallest absolute Gasteiger partial charge is 0.245 e. The van der Waals surface area contributed by atoms with Gasteiger partial charge in [-0.25, -0.2) is 8.42 Å². The number of nitrogens with zero attached hydrogens (tertiary/aromatic N) is 3. The summed E-state index contributed by atoms with van der Waals surface area (Å²) >= 11 is 0. The second kappa shape index (κ2) is 9.11. The molecule has 0 saturated carbocycles. The van der Waals surface area contributed by atoms with Crippen LogP contribution in [0, 0.1) is 11.8 Å². The fourth-order valence-corrected chi connectivity index (χ4v) is 6.79. The van der Waals surface area contributed by atoms with Gasteiger partial charge in [-0.3, -0.25) is 9.59 Å². The first kappa shape index (κ1) is 23.2. The zero-order valence-electron chi connectivity index (χ0n) is 18.9. The van der Waals surface area contributed by atoms with Crippen molar-refractivity contribution in [3.05, 3.63) is 30.3 Å². The Bertz CT molecular complexity index is 952. The molecule has 3 aliphatic rings. The van der Waals surface area contributed by atoms with Crippen LogP contribution >= 0.6 is 0 Å². The minimum absolute atomic E-state index is 0.00474. The highest BCUT2D eigenvalue weighted by atomic mass is 32.2. The normalized spacial score (nSPS) is 27.6. The number of likely N-dealkylation sites (tertiary alicyclic amines) is 2. The quantitative estimate of drug-likeness (QED) is 0.710. The second-order valence-electron chi connectivity index (χ2n) is 9.57. The molecular weight excluding hydrogens is 428 g/mol. The minimum Gasteiger partial charge on any atom is -0.336 e. The van der Waals surface area contributed by atoms with Crippen molar-refractivity contribution in [3.8, 4) is 0 Å². The summed E-state index contributed by atoms with van der Waals surface area (Å²) in [4.78, 5) is 30.2. The van der Waals surface area contributed by atoms with E-state index in [9.17, 15) is 18.0 Å². The van der Waals surface area contributed by atoms with Gasteiger partial charge in [0, 0.05) is 32.2 Å². The predicted molar refractivity (Wildman–Crippen MR) is 121 cm³/mol. The average Bonchev–Trinajstić information content (AvgIpc) is 3.45. The van der Waals surface area contributed by atoms with Crippen LogP contribution in [0.15, 0.2) is 35.2 Å². The average molecular weight is 463 g/mol. The molecule has 2 unspecified atom stereocenters. The molecule has 0 aliphatic carbocycles. The number of benzene rings is 1. The van der Waals surface area contributed by atoms with E-state index in [1.807, 2.05) is 18.7 Å². The molecule has 1 aromatic carbocycles. The van der Waals surface area contributed by atoms with E-state index in [0.717, 1.165) is 19.3 Å². The maximum absolute atomic E-state index is 13.6. The number of amides is 2. The molecule has 0 bridgehead atoms. The summed E-state index contributed by atoms with van der Waals surface area (Å²) in [5.74, 6) is 0.0801. The molecule has 3 aliphatic heterocycles. The molecule has 2 N–H and O–H groups in total. The van der Waals surface area contributed by atoms with Crippen molar-refractivity contribution in [2.45, 2.75) is 62.6 Å². The molecule has 8 nitrogen and oxygen atoms in total. The lowest BCUT2D eigenvalue weighted by Gasteiger charge is -2.39. The van der Waals surface area contributed by atoms with Crippen molar-refractivity contribution in [2.75, 3.05) is 26.2 Å². The largest absolute Gasteiger partial charge is 0.336 e. The molecule has 32 heavy (non-hydrogen) atoms. The zero-order valence-corrected chi connectivity index (χ0v) is 19.7. The first-order valence-corrected chi connectivity index (χ1v) is 13.1. The molecule has 3 saturated heterocycles.